The zero-order chi connectivity index (χ0) is 17.4. The van der Waals surface area contributed by atoms with E-state index >= 15 is 0 Å². The monoisotopic (exact) mass is 339 g/mol. The van der Waals surface area contributed by atoms with Crippen molar-refractivity contribution in [2.24, 2.45) is 5.92 Å². The molecule has 3 aromatic rings. The summed E-state index contributed by atoms with van der Waals surface area (Å²) < 4.78 is 11.2. The summed E-state index contributed by atoms with van der Waals surface area (Å²) in [6.07, 6.45) is 2.20. The van der Waals surface area contributed by atoms with Gasteiger partial charge in [0.15, 0.2) is 11.4 Å². The summed E-state index contributed by atoms with van der Waals surface area (Å²) >= 11 is 0. The van der Waals surface area contributed by atoms with E-state index in [-0.39, 0.29) is 5.82 Å². The Labute approximate surface area is 145 Å². The number of anilines is 1. The topological polar surface area (TPSA) is 68.5 Å². The first kappa shape index (κ1) is 15.9. The summed E-state index contributed by atoms with van der Waals surface area (Å²) in [6.45, 7) is 6.12. The van der Waals surface area contributed by atoms with Crippen molar-refractivity contribution in [3.8, 4) is 0 Å². The Morgan fingerprint density at radius 2 is 2.04 bits per heavy atom. The predicted octanol–water partition coefficient (Wildman–Crippen LogP) is 3.79. The molecule has 3 heterocycles. The minimum absolute atomic E-state index is 0.0922. The minimum Gasteiger partial charge on any atom is -0.460 e. The highest BCUT2D eigenvalue weighted by Crippen LogP contribution is 2.34. The Morgan fingerprint density at radius 1 is 1.28 bits per heavy atom. The first-order valence-electron chi connectivity index (χ1n) is 8.78. The van der Waals surface area contributed by atoms with Gasteiger partial charge in [0.1, 0.15) is 11.1 Å². The summed E-state index contributed by atoms with van der Waals surface area (Å²) in [6, 6.07) is 7.71. The molecule has 1 fully saturated rings. The zero-order valence-electron chi connectivity index (χ0n) is 14.5. The van der Waals surface area contributed by atoms with Gasteiger partial charge >= 0.3 is 5.97 Å². The van der Waals surface area contributed by atoms with Gasteiger partial charge < -0.3 is 14.1 Å². The van der Waals surface area contributed by atoms with E-state index in [1.807, 2.05) is 24.3 Å². The molecular weight excluding hydrogens is 318 g/mol. The number of fused-ring (bicyclic) bond motifs is 3. The van der Waals surface area contributed by atoms with Crippen LogP contribution in [0.25, 0.3) is 22.1 Å². The van der Waals surface area contributed by atoms with Gasteiger partial charge in [-0.1, -0.05) is 19.1 Å². The van der Waals surface area contributed by atoms with Gasteiger partial charge in [-0.25, -0.2) is 14.8 Å². The number of benzene rings is 1. The summed E-state index contributed by atoms with van der Waals surface area (Å²) in [5, 5.41) is 0.886. The van der Waals surface area contributed by atoms with Crippen LogP contribution in [0, 0.1) is 5.92 Å². The molecule has 1 aromatic carbocycles. The van der Waals surface area contributed by atoms with Crippen LogP contribution in [-0.4, -0.2) is 35.6 Å². The van der Waals surface area contributed by atoms with Crippen molar-refractivity contribution in [1.29, 1.82) is 0 Å². The number of aromatic nitrogens is 2. The zero-order valence-corrected chi connectivity index (χ0v) is 14.5. The molecule has 6 heteroatoms. The van der Waals surface area contributed by atoms with Gasteiger partial charge in [0.2, 0.25) is 5.82 Å². The third-order valence-electron chi connectivity index (χ3n) is 4.74. The second-order valence-corrected chi connectivity index (χ2v) is 6.54. The third kappa shape index (κ3) is 2.81. The van der Waals surface area contributed by atoms with Crippen molar-refractivity contribution >= 4 is 33.9 Å². The molecule has 1 aliphatic rings. The molecule has 25 heavy (non-hydrogen) atoms. The Balaban J connectivity index is 1.90. The highest BCUT2D eigenvalue weighted by Gasteiger charge is 2.25. The lowest BCUT2D eigenvalue weighted by atomic mass is 9.99. The number of carbonyl (C=O) groups is 1. The molecule has 0 unspecified atom stereocenters. The number of piperidine rings is 1. The normalized spacial score (nSPS) is 15.8. The van der Waals surface area contributed by atoms with E-state index in [1.165, 1.54) is 0 Å². The van der Waals surface area contributed by atoms with Crippen LogP contribution in [0.2, 0.25) is 0 Å². The average molecular weight is 339 g/mol. The lowest BCUT2D eigenvalue weighted by molar-refractivity contribution is 0.0512. The molecule has 130 valence electrons. The smallest absolute Gasteiger partial charge is 0.376 e. The second kappa shape index (κ2) is 6.35. The second-order valence-electron chi connectivity index (χ2n) is 6.54. The molecule has 0 atom stereocenters. The third-order valence-corrected chi connectivity index (χ3v) is 4.74. The van der Waals surface area contributed by atoms with Crippen molar-refractivity contribution in [3.63, 3.8) is 0 Å². The Morgan fingerprint density at radius 3 is 2.80 bits per heavy atom. The predicted molar refractivity (Wildman–Crippen MR) is 95.9 cm³/mol. The first-order valence-corrected chi connectivity index (χ1v) is 8.78. The molecule has 0 bridgehead atoms. The van der Waals surface area contributed by atoms with Gasteiger partial charge in [-0.15, -0.1) is 0 Å². The highest BCUT2D eigenvalue weighted by molar-refractivity contribution is 6.07. The number of rotatable bonds is 3. The van der Waals surface area contributed by atoms with E-state index < -0.39 is 5.97 Å². The quantitative estimate of drug-likeness (QED) is 0.676. The molecule has 0 saturated carbocycles. The Bertz CT molecular complexity index is 926. The van der Waals surface area contributed by atoms with Crippen LogP contribution in [0.15, 0.2) is 28.7 Å². The van der Waals surface area contributed by atoms with Crippen LogP contribution in [0.1, 0.15) is 37.3 Å². The largest absolute Gasteiger partial charge is 0.460 e. The maximum atomic E-state index is 12.2. The standard InChI is InChI=1S/C19H21N3O3/c1-3-24-19(23)17-20-15-13-6-4-5-7-14(13)25-16(15)18(21-17)22-10-8-12(2)9-11-22/h4-7,12H,3,8-11H2,1-2H3. The summed E-state index contributed by atoms with van der Waals surface area (Å²) in [4.78, 5) is 23.4. The number of hydrogen-bond acceptors (Lipinski definition) is 6. The van der Waals surface area contributed by atoms with Gasteiger partial charge in [-0.3, -0.25) is 0 Å². The molecule has 1 saturated heterocycles. The number of carbonyl (C=O) groups excluding carboxylic acids is 1. The lowest BCUT2D eigenvalue weighted by Crippen LogP contribution is -2.34. The summed E-state index contributed by atoms with van der Waals surface area (Å²) in [5.74, 6) is 0.987. The number of nitrogens with zero attached hydrogens (tertiary/aromatic N) is 3. The Kier molecular flexibility index (Phi) is 4.03. The fourth-order valence-electron chi connectivity index (χ4n) is 3.30. The van der Waals surface area contributed by atoms with Gasteiger partial charge in [0.25, 0.3) is 0 Å². The van der Waals surface area contributed by atoms with E-state index in [2.05, 4.69) is 21.8 Å². The average Bonchev–Trinajstić information content (AvgIpc) is 3.00. The van der Waals surface area contributed by atoms with Crippen molar-refractivity contribution in [2.75, 3.05) is 24.6 Å². The SMILES string of the molecule is CCOC(=O)c1nc(N2CCC(C)CC2)c2oc3ccccc3c2n1. The van der Waals surface area contributed by atoms with E-state index in [9.17, 15) is 4.79 Å². The molecule has 0 radical (unpaired) electrons. The summed E-state index contributed by atoms with van der Waals surface area (Å²) in [7, 11) is 0. The van der Waals surface area contributed by atoms with Gasteiger partial charge in [0, 0.05) is 18.5 Å². The molecule has 0 N–H and O–H groups in total. The van der Waals surface area contributed by atoms with Crippen LogP contribution in [0.4, 0.5) is 5.82 Å². The van der Waals surface area contributed by atoms with Gasteiger partial charge in [0.05, 0.1) is 6.61 Å². The maximum absolute atomic E-state index is 12.2. The fourth-order valence-corrected chi connectivity index (χ4v) is 3.30. The molecule has 0 aliphatic carbocycles. The number of ether oxygens (including phenoxy) is 1. The number of furan rings is 1. The van der Waals surface area contributed by atoms with Crippen LogP contribution in [-0.2, 0) is 4.74 Å². The van der Waals surface area contributed by atoms with E-state index in [1.54, 1.807) is 6.92 Å². The van der Waals surface area contributed by atoms with Crippen molar-refractivity contribution < 1.29 is 13.9 Å². The first-order chi connectivity index (χ1) is 12.2. The van der Waals surface area contributed by atoms with Crippen LogP contribution in [0.5, 0.6) is 0 Å². The van der Waals surface area contributed by atoms with Gasteiger partial charge in [-0.2, -0.15) is 0 Å². The van der Waals surface area contributed by atoms with Crippen molar-refractivity contribution in [3.05, 3.63) is 30.1 Å². The number of hydrogen-bond donors (Lipinski definition) is 0. The highest BCUT2D eigenvalue weighted by atomic mass is 16.5. The van der Waals surface area contributed by atoms with Gasteiger partial charge in [-0.05, 0) is 37.8 Å². The fraction of sp³-hybridized carbons (Fsp3) is 0.421. The molecular formula is C19H21N3O3. The van der Waals surface area contributed by atoms with Crippen LogP contribution in [0.3, 0.4) is 0 Å². The molecule has 0 spiro atoms. The van der Waals surface area contributed by atoms with Crippen LogP contribution >= 0.6 is 0 Å². The molecule has 1 aliphatic heterocycles. The maximum Gasteiger partial charge on any atom is 0.376 e. The minimum atomic E-state index is -0.499. The summed E-state index contributed by atoms with van der Waals surface area (Å²) in [5.41, 5.74) is 2.06. The molecule has 6 nitrogen and oxygen atoms in total. The molecule has 4 rings (SSSR count). The molecule has 2 aromatic heterocycles. The Hall–Kier alpha value is -2.63. The molecule has 0 amide bonds. The van der Waals surface area contributed by atoms with E-state index in [0.29, 0.717) is 29.4 Å². The van der Waals surface area contributed by atoms with Crippen LogP contribution < -0.4 is 4.90 Å². The van der Waals surface area contributed by atoms with Crippen molar-refractivity contribution in [1.82, 2.24) is 9.97 Å². The lowest BCUT2D eigenvalue weighted by Gasteiger charge is -2.31. The van der Waals surface area contributed by atoms with E-state index in [4.69, 9.17) is 9.15 Å². The number of esters is 1. The van der Waals surface area contributed by atoms with E-state index in [0.717, 1.165) is 36.9 Å². The van der Waals surface area contributed by atoms with Crippen molar-refractivity contribution in [2.45, 2.75) is 26.7 Å². The number of para-hydroxylation sites is 1.